The molecular formula is C15H17NO. The topological polar surface area (TPSA) is 29.1 Å². The Bertz CT molecular complexity index is 558. The predicted molar refractivity (Wildman–Crippen MR) is 71.3 cm³/mol. The molecule has 0 saturated heterocycles. The Balaban J connectivity index is 2.38. The molecule has 2 heteroatoms. The largest absolute Gasteiger partial charge is 0.350 e. The van der Waals surface area contributed by atoms with E-state index in [2.05, 4.69) is 30.4 Å². The van der Waals surface area contributed by atoms with E-state index in [9.17, 15) is 4.79 Å². The molecule has 0 aliphatic carbocycles. The van der Waals surface area contributed by atoms with Crippen LogP contribution in [0, 0.1) is 6.92 Å². The summed E-state index contributed by atoms with van der Waals surface area (Å²) < 4.78 is 0. The zero-order valence-electron chi connectivity index (χ0n) is 10.4. The minimum atomic E-state index is -0.0116. The highest BCUT2D eigenvalue weighted by Crippen LogP contribution is 2.17. The fourth-order valence-corrected chi connectivity index (χ4v) is 1.85. The van der Waals surface area contributed by atoms with Gasteiger partial charge < -0.3 is 5.32 Å². The number of aryl methyl sites for hydroxylation is 1. The lowest BCUT2D eigenvalue weighted by Gasteiger charge is -2.09. The molecule has 0 aliphatic heterocycles. The minimum absolute atomic E-state index is 0.0116. The molecule has 0 aliphatic rings. The molecule has 1 amide bonds. The highest BCUT2D eigenvalue weighted by molar-refractivity contribution is 5.98. The first-order chi connectivity index (χ1) is 8.06. The van der Waals surface area contributed by atoms with Crippen LogP contribution in [0.15, 0.2) is 36.4 Å². The average molecular weight is 227 g/mol. The summed E-state index contributed by atoms with van der Waals surface area (Å²) in [4.78, 5) is 11.9. The molecule has 0 radical (unpaired) electrons. The fraction of sp³-hybridized carbons (Fsp3) is 0.267. The van der Waals surface area contributed by atoms with Gasteiger partial charge in [0.1, 0.15) is 0 Å². The molecule has 17 heavy (non-hydrogen) atoms. The first kappa shape index (κ1) is 11.6. The Morgan fingerprint density at radius 2 is 1.71 bits per heavy atom. The number of hydrogen-bond donors (Lipinski definition) is 1. The van der Waals surface area contributed by atoms with Crippen LogP contribution < -0.4 is 5.32 Å². The maximum atomic E-state index is 11.9. The Morgan fingerprint density at radius 3 is 2.41 bits per heavy atom. The number of rotatable bonds is 2. The van der Waals surface area contributed by atoms with E-state index in [0.717, 1.165) is 10.9 Å². The normalized spacial score (nSPS) is 10.8. The monoisotopic (exact) mass is 227 g/mol. The van der Waals surface area contributed by atoms with Crippen LogP contribution in [0.4, 0.5) is 0 Å². The molecule has 1 N–H and O–H groups in total. The molecule has 0 unspecified atom stereocenters. The lowest BCUT2D eigenvalue weighted by molar-refractivity contribution is 0.0943. The zero-order valence-corrected chi connectivity index (χ0v) is 10.4. The smallest absolute Gasteiger partial charge is 0.251 e. The second kappa shape index (κ2) is 4.58. The van der Waals surface area contributed by atoms with Gasteiger partial charge in [-0.3, -0.25) is 4.79 Å². The van der Waals surface area contributed by atoms with E-state index in [0.29, 0.717) is 0 Å². The van der Waals surface area contributed by atoms with Crippen LogP contribution >= 0.6 is 0 Å². The maximum absolute atomic E-state index is 11.9. The standard InChI is InChI=1S/C15H17NO/c1-10(2)16-15(17)14-7-6-12-8-11(3)4-5-13(12)9-14/h4-10H,1-3H3,(H,16,17). The van der Waals surface area contributed by atoms with Gasteiger partial charge in [-0.15, -0.1) is 0 Å². The summed E-state index contributed by atoms with van der Waals surface area (Å²) in [6, 6.07) is 12.2. The van der Waals surface area contributed by atoms with E-state index < -0.39 is 0 Å². The van der Waals surface area contributed by atoms with E-state index >= 15 is 0 Å². The molecule has 0 spiro atoms. The lowest BCUT2D eigenvalue weighted by Crippen LogP contribution is -2.29. The number of fused-ring (bicyclic) bond motifs is 1. The molecule has 2 nitrogen and oxygen atoms in total. The Kier molecular flexibility index (Phi) is 3.14. The molecule has 2 aromatic rings. The van der Waals surface area contributed by atoms with Crippen LogP contribution in [0.25, 0.3) is 10.8 Å². The molecule has 0 fully saturated rings. The van der Waals surface area contributed by atoms with Crippen LogP contribution in [0.3, 0.4) is 0 Å². The van der Waals surface area contributed by atoms with Crippen LogP contribution in [0.2, 0.25) is 0 Å². The van der Waals surface area contributed by atoms with Crippen molar-refractivity contribution in [2.24, 2.45) is 0 Å². The van der Waals surface area contributed by atoms with Gasteiger partial charge >= 0.3 is 0 Å². The number of amides is 1. The summed E-state index contributed by atoms with van der Waals surface area (Å²) in [5, 5.41) is 5.17. The van der Waals surface area contributed by atoms with Gasteiger partial charge in [-0.05, 0) is 43.7 Å². The number of nitrogens with one attached hydrogen (secondary N) is 1. The van der Waals surface area contributed by atoms with Gasteiger partial charge in [0.25, 0.3) is 5.91 Å². The lowest BCUT2D eigenvalue weighted by atomic mass is 10.0. The Labute approximate surface area is 102 Å². The van der Waals surface area contributed by atoms with Crippen molar-refractivity contribution in [3.63, 3.8) is 0 Å². The van der Waals surface area contributed by atoms with E-state index in [-0.39, 0.29) is 11.9 Å². The summed E-state index contributed by atoms with van der Waals surface area (Å²) in [6.45, 7) is 5.99. The summed E-state index contributed by atoms with van der Waals surface area (Å²) in [5.74, 6) is -0.0116. The van der Waals surface area contributed by atoms with Crippen LogP contribution in [-0.2, 0) is 0 Å². The highest BCUT2D eigenvalue weighted by atomic mass is 16.1. The van der Waals surface area contributed by atoms with Crippen molar-refractivity contribution in [1.29, 1.82) is 0 Å². The van der Waals surface area contributed by atoms with Crippen LogP contribution in [0.1, 0.15) is 29.8 Å². The quantitative estimate of drug-likeness (QED) is 0.838. The van der Waals surface area contributed by atoms with E-state index in [1.807, 2.05) is 32.0 Å². The van der Waals surface area contributed by atoms with Gasteiger partial charge in [0, 0.05) is 11.6 Å². The Morgan fingerprint density at radius 1 is 1.06 bits per heavy atom. The number of benzene rings is 2. The number of carbonyl (C=O) groups excluding carboxylic acids is 1. The molecule has 88 valence electrons. The number of hydrogen-bond acceptors (Lipinski definition) is 1. The van der Waals surface area contributed by atoms with Crippen molar-refractivity contribution in [2.75, 3.05) is 0 Å². The third-order valence-corrected chi connectivity index (χ3v) is 2.68. The molecule has 0 atom stereocenters. The van der Waals surface area contributed by atoms with E-state index in [1.165, 1.54) is 10.9 Å². The predicted octanol–water partition coefficient (Wildman–Crippen LogP) is 3.29. The van der Waals surface area contributed by atoms with Crippen molar-refractivity contribution in [3.8, 4) is 0 Å². The Hall–Kier alpha value is -1.83. The minimum Gasteiger partial charge on any atom is -0.350 e. The van der Waals surface area contributed by atoms with Crippen molar-refractivity contribution < 1.29 is 4.79 Å². The first-order valence-corrected chi connectivity index (χ1v) is 5.87. The van der Waals surface area contributed by atoms with Gasteiger partial charge in [-0.2, -0.15) is 0 Å². The van der Waals surface area contributed by atoms with E-state index in [4.69, 9.17) is 0 Å². The van der Waals surface area contributed by atoms with Crippen LogP contribution in [-0.4, -0.2) is 11.9 Å². The van der Waals surface area contributed by atoms with Crippen molar-refractivity contribution in [1.82, 2.24) is 5.32 Å². The first-order valence-electron chi connectivity index (χ1n) is 5.87. The molecular weight excluding hydrogens is 210 g/mol. The molecule has 0 heterocycles. The summed E-state index contributed by atoms with van der Waals surface area (Å²) in [7, 11) is 0. The third-order valence-electron chi connectivity index (χ3n) is 2.68. The van der Waals surface area contributed by atoms with Crippen molar-refractivity contribution >= 4 is 16.7 Å². The SMILES string of the molecule is Cc1ccc2cc(C(=O)NC(C)C)ccc2c1. The van der Waals surface area contributed by atoms with Gasteiger partial charge in [-0.1, -0.05) is 29.8 Å². The van der Waals surface area contributed by atoms with Crippen molar-refractivity contribution in [2.45, 2.75) is 26.8 Å². The van der Waals surface area contributed by atoms with Gasteiger partial charge in [-0.25, -0.2) is 0 Å². The van der Waals surface area contributed by atoms with Gasteiger partial charge in [0.05, 0.1) is 0 Å². The molecule has 2 aromatic carbocycles. The summed E-state index contributed by atoms with van der Waals surface area (Å²) in [5.41, 5.74) is 1.95. The molecule has 2 rings (SSSR count). The molecule has 0 saturated carbocycles. The molecule has 0 bridgehead atoms. The van der Waals surface area contributed by atoms with E-state index in [1.54, 1.807) is 0 Å². The fourth-order valence-electron chi connectivity index (χ4n) is 1.85. The maximum Gasteiger partial charge on any atom is 0.251 e. The second-order valence-electron chi connectivity index (χ2n) is 4.69. The molecule has 0 aromatic heterocycles. The third kappa shape index (κ3) is 2.64. The van der Waals surface area contributed by atoms with Crippen molar-refractivity contribution in [3.05, 3.63) is 47.5 Å². The van der Waals surface area contributed by atoms with Gasteiger partial charge in [0.15, 0.2) is 0 Å². The van der Waals surface area contributed by atoms with Gasteiger partial charge in [0.2, 0.25) is 0 Å². The number of carbonyl (C=O) groups is 1. The summed E-state index contributed by atoms with van der Waals surface area (Å²) in [6.07, 6.45) is 0. The van der Waals surface area contributed by atoms with Crippen LogP contribution in [0.5, 0.6) is 0 Å². The second-order valence-corrected chi connectivity index (χ2v) is 4.69. The highest BCUT2D eigenvalue weighted by Gasteiger charge is 2.07. The zero-order chi connectivity index (χ0) is 12.4. The summed E-state index contributed by atoms with van der Waals surface area (Å²) >= 11 is 0. The average Bonchev–Trinajstić information content (AvgIpc) is 2.27.